The average molecular weight is 446 g/mol. The van der Waals surface area contributed by atoms with Crippen molar-refractivity contribution in [2.24, 2.45) is 0 Å². The Balaban J connectivity index is 2.04. The topological polar surface area (TPSA) is 78.9 Å². The van der Waals surface area contributed by atoms with Gasteiger partial charge in [0.2, 0.25) is 0 Å². The molecule has 170 valence electrons. The summed E-state index contributed by atoms with van der Waals surface area (Å²) < 4.78 is 16.7. The molecule has 0 aliphatic carbocycles. The van der Waals surface area contributed by atoms with Gasteiger partial charge in [0.15, 0.2) is 23.1 Å². The molecule has 0 saturated heterocycles. The largest absolute Gasteiger partial charge is 0.493 e. The van der Waals surface area contributed by atoms with Crippen molar-refractivity contribution in [3.8, 4) is 11.5 Å². The third-order valence-electron chi connectivity index (χ3n) is 4.90. The molecule has 0 aromatic heterocycles. The Bertz CT molecular complexity index is 1150. The van der Waals surface area contributed by atoms with E-state index in [-0.39, 0.29) is 29.6 Å². The molecular weight excluding hydrogens is 420 g/mol. The molecule has 0 saturated carbocycles. The number of carbonyl (C=O) groups is 3. The van der Waals surface area contributed by atoms with Gasteiger partial charge < -0.3 is 14.2 Å². The number of Topliss-reactive ketones (excluding diaryl/α,β-unsaturated/α-hetero) is 1. The molecule has 6 heteroatoms. The SMILES string of the molecule is COc1cc(C(=O)OC(C)C)c(C(=O)c2ccc(C(C)=O)cc2)cc1OCc1ccccc1. The quantitative estimate of drug-likeness (QED) is 0.329. The predicted molar refractivity (Wildman–Crippen MR) is 124 cm³/mol. The van der Waals surface area contributed by atoms with E-state index in [1.165, 1.54) is 26.2 Å². The third kappa shape index (κ3) is 5.86. The van der Waals surface area contributed by atoms with Gasteiger partial charge >= 0.3 is 5.97 Å². The van der Waals surface area contributed by atoms with Crippen molar-refractivity contribution in [1.82, 2.24) is 0 Å². The number of ether oxygens (including phenoxy) is 3. The Morgan fingerprint density at radius 3 is 2.00 bits per heavy atom. The van der Waals surface area contributed by atoms with E-state index in [1.807, 2.05) is 30.3 Å². The van der Waals surface area contributed by atoms with Crippen LogP contribution in [0.15, 0.2) is 66.7 Å². The first-order valence-corrected chi connectivity index (χ1v) is 10.6. The second kappa shape index (κ2) is 10.6. The van der Waals surface area contributed by atoms with Gasteiger partial charge in [0.1, 0.15) is 6.61 Å². The number of benzene rings is 3. The summed E-state index contributed by atoms with van der Waals surface area (Å²) >= 11 is 0. The number of esters is 1. The van der Waals surface area contributed by atoms with E-state index in [1.54, 1.807) is 38.1 Å². The molecule has 0 aliphatic rings. The van der Waals surface area contributed by atoms with Crippen LogP contribution in [0.3, 0.4) is 0 Å². The molecule has 6 nitrogen and oxygen atoms in total. The van der Waals surface area contributed by atoms with Gasteiger partial charge in [-0.1, -0.05) is 54.6 Å². The molecule has 0 bridgehead atoms. The van der Waals surface area contributed by atoms with Crippen molar-refractivity contribution in [2.75, 3.05) is 7.11 Å². The van der Waals surface area contributed by atoms with Crippen LogP contribution in [0, 0.1) is 0 Å². The fourth-order valence-corrected chi connectivity index (χ4v) is 3.21. The van der Waals surface area contributed by atoms with E-state index in [0.29, 0.717) is 22.6 Å². The second-order valence-electron chi connectivity index (χ2n) is 7.74. The normalized spacial score (nSPS) is 10.6. The predicted octanol–water partition coefficient (Wildman–Crippen LogP) is 5.27. The Kier molecular flexibility index (Phi) is 7.61. The Morgan fingerprint density at radius 2 is 1.42 bits per heavy atom. The van der Waals surface area contributed by atoms with Crippen molar-refractivity contribution >= 4 is 17.5 Å². The maximum atomic E-state index is 13.4. The number of methoxy groups -OCH3 is 1. The molecule has 3 rings (SSSR count). The van der Waals surface area contributed by atoms with Crippen LogP contribution in [0.5, 0.6) is 11.5 Å². The smallest absolute Gasteiger partial charge is 0.339 e. The van der Waals surface area contributed by atoms with Gasteiger partial charge in [0.05, 0.1) is 18.8 Å². The molecule has 0 spiro atoms. The van der Waals surface area contributed by atoms with E-state index in [0.717, 1.165) is 5.56 Å². The van der Waals surface area contributed by atoms with E-state index in [2.05, 4.69) is 0 Å². The van der Waals surface area contributed by atoms with Crippen LogP contribution in [0.25, 0.3) is 0 Å². The van der Waals surface area contributed by atoms with Crippen molar-refractivity contribution in [2.45, 2.75) is 33.5 Å². The summed E-state index contributed by atoms with van der Waals surface area (Å²) in [5.41, 5.74) is 1.97. The Labute approximate surface area is 193 Å². The highest BCUT2D eigenvalue weighted by molar-refractivity contribution is 6.15. The summed E-state index contributed by atoms with van der Waals surface area (Å²) in [6.07, 6.45) is -0.365. The van der Waals surface area contributed by atoms with Crippen LogP contribution < -0.4 is 9.47 Å². The fourth-order valence-electron chi connectivity index (χ4n) is 3.21. The van der Waals surface area contributed by atoms with Crippen LogP contribution in [0.1, 0.15) is 63.0 Å². The first-order valence-electron chi connectivity index (χ1n) is 10.6. The molecule has 3 aromatic carbocycles. The lowest BCUT2D eigenvalue weighted by molar-refractivity contribution is 0.0375. The second-order valence-corrected chi connectivity index (χ2v) is 7.74. The summed E-state index contributed by atoms with van der Waals surface area (Å²) in [4.78, 5) is 37.7. The van der Waals surface area contributed by atoms with Crippen molar-refractivity contribution in [3.63, 3.8) is 0 Å². The molecule has 0 unspecified atom stereocenters. The Hall–Kier alpha value is -3.93. The molecule has 0 aliphatic heterocycles. The maximum Gasteiger partial charge on any atom is 0.339 e. The van der Waals surface area contributed by atoms with Crippen molar-refractivity contribution in [1.29, 1.82) is 0 Å². The van der Waals surface area contributed by atoms with Crippen LogP contribution in [-0.2, 0) is 11.3 Å². The van der Waals surface area contributed by atoms with E-state index in [4.69, 9.17) is 14.2 Å². The lowest BCUT2D eigenvalue weighted by atomic mass is 9.96. The molecule has 0 fully saturated rings. The highest BCUT2D eigenvalue weighted by Gasteiger charge is 2.24. The molecule has 0 amide bonds. The minimum atomic E-state index is -0.637. The van der Waals surface area contributed by atoms with Gasteiger partial charge in [0.25, 0.3) is 0 Å². The zero-order chi connectivity index (χ0) is 24.0. The monoisotopic (exact) mass is 446 g/mol. The van der Waals surface area contributed by atoms with E-state index < -0.39 is 11.8 Å². The van der Waals surface area contributed by atoms with Gasteiger partial charge in [-0.15, -0.1) is 0 Å². The molecule has 3 aromatic rings. The van der Waals surface area contributed by atoms with E-state index in [9.17, 15) is 14.4 Å². The summed E-state index contributed by atoms with van der Waals surface area (Å²) in [5, 5.41) is 0. The van der Waals surface area contributed by atoms with Crippen molar-refractivity contribution in [3.05, 3.63) is 94.5 Å². The third-order valence-corrected chi connectivity index (χ3v) is 4.90. The summed E-state index contributed by atoms with van der Waals surface area (Å²) in [7, 11) is 1.46. The fraction of sp³-hybridized carbons (Fsp3) is 0.222. The van der Waals surface area contributed by atoms with Crippen LogP contribution >= 0.6 is 0 Å². The van der Waals surface area contributed by atoms with Crippen LogP contribution in [-0.4, -0.2) is 30.7 Å². The number of ketones is 2. The minimum absolute atomic E-state index is 0.0771. The Morgan fingerprint density at radius 1 is 0.818 bits per heavy atom. The summed E-state index contributed by atoms with van der Waals surface area (Å²) in [6.45, 7) is 5.17. The number of rotatable bonds is 9. The zero-order valence-corrected chi connectivity index (χ0v) is 19.1. The highest BCUT2D eigenvalue weighted by Crippen LogP contribution is 2.33. The maximum absolute atomic E-state index is 13.4. The first kappa shape index (κ1) is 23.7. The van der Waals surface area contributed by atoms with Crippen LogP contribution in [0.2, 0.25) is 0 Å². The van der Waals surface area contributed by atoms with Gasteiger partial charge in [-0.05, 0) is 38.5 Å². The number of hydrogen-bond donors (Lipinski definition) is 0. The minimum Gasteiger partial charge on any atom is -0.493 e. The summed E-state index contributed by atoms with van der Waals surface area (Å²) in [5.74, 6) is -0.498. The molecule has 0 radical (unpaired) electrons. The lowest BCUT2D eigenvalue weighted by Gasteiger charge is -2.16. The molecule has 0 heterocycles. The molecular formula is C27H26O6. The molecule has 0 N–H and O–H groups in total. The van der Waals surface area contributed by atoms with E-state index >= 15 is 0 Å². The zero-order valence-electron chi connectivity index (χ0n) is 19.1. The first-order chi connectivity index (χ1) is 15.8. The number of carbonyl (C=O) groups excluding carboxylic acids is 3. The summed E-state index contributed by atoms with van der Waals surface area (Å²) in [6, 6.07) is 18.8. The lowest BCUT2D eigenvalue weighted by Crippen LogP contribution is -2.17. The van der Waals surface area contributed by atoms with Gasteiger partial charge in [0, 0.05) is 16.7 Å². The molecule has 33 heavy (non-hydrogen) atoms. The van der Waals surface area contributed by atoms with Crippen molar-refractivity contribution < 1.29 is 28.6 Å². The molecule has 0 atom stereocenters. The number of hydrogen-bond acceptors (Lipinski definition) is 6. The standard InChI is InChI=1S/C27H26O6/c1-17(2)33-27(30)23-15-24(31-4)25(32-16-19-8-6-5-7-9-19)14-22(23)26(29)21-12-10-20(11-13-21)18(3)28/h5-15,17H,16H2,1-4H3. The van der Waals surface area contributed by atoms with Gasteiger partial charge in [-0.3, -0.25) is 9.59 Å². The van der Waals surface area contributed by atoms with Crippen LogP contribution in [0.4, 0.5) is 0 Å². The van der Waals surface area contributed by atoms with Gasteiger partial charge in [-0.2, -0.15) is 0 Å². The van der Waals surface area contributed by atoms with Gasteiger partial charge in [-0.25, -0.2) is 4.79 Å². The average Bonchev–Trinajstić information content (AvgIpc) is 2.82. The highest BCUT2D eigenvalue weighted by atomic mass is 16.5.